The highest BCUT2D eigenvalue weighted by Crippen LogP contribution is 2.61. The largest absolute Gasteiger partial charge is 0.395 e. The molecule has 2 atom stereocenters. The zero-order valence-corrected chi connectivity index (χ0v) is 23.7. The van der Waals surface area contributed by atoms with Crippen LogP contribution in [0, 0.1) is 11.3 Å². The van der Waals surface area contributed by atoms with Gasteiger partial charge in [-0.1, -0.05) is 0 Å². The molecule has 1 aliphatic carbocycles. The molecule has 3 N–H and O–H groups in total. The first-order valence-electron chi connectivity index (χ1n) is 13.8. The topological polar surface area (TPSA) is 145 Å². The molecule has 3 fully saturated rings. The van der Waals surface area contributed by atoms with Crippen LogP contribution in [0.2, 0.25) is 0 Å². The van der Waals surface area contributed by atoms with Gasteiger partial charge < -0.3 is 20.2 Å². The first-order chi connectivity index (χ1) is 20.4. The van der Waals surface area contributed by atoms with E-state index in [1.165, 1.54) is 35.1 Å². The van der Waals surface area contributed by atoms with Crippen molar-refractivity contribution in [3.8, 4) is 0 Å². The lowest BCUT2D eigenvalue weighted by Crippen LogP contribution is -2.40. The van der Waals surface area contributed by atoms with Gasteiger partial charge in [-0.2, -0.15) is 14.6 Å². The van der Waals surface area contributed by atoms with Gasteiger partial charge in [-0.25, -0.2) is 31.0 Å². The number of carbonyl (C=O) groups is 1. The number of anilines is 4. The number of carbonyl (C=O) groups excluding carboxylic acids is 1. The molecule has 2 aliphatic heterocycles. The minimum absolute atomic E-state index is 0.0282. The number of fused-ring (bicyclic) bond motifs is 2. The van der Waals surface area contributed by atoms with Gasteiger partial charge in [0.2, 0.25) is 22.4 Å². The van der Waals surface area contributed by atoms with Crippen LogP contribution in [-0.2, 0) is 10.0 Å². The number of aromatic nitrogens is 4. The molecule has 6 rings (SSSR count). The van der Waals surface area contributed by atoms with E-state index in [1.807, 2.05) is 0 Å². The van der Waals surface area contributed by atoms with Gasteiger partial charge in [0.15, 0.2) is 5.65 Å². The van der Waals surface area contributed by atoms with Crippen molar-refractivity contribution in [3.63, 3.8) is 0 Å². The SMILES string of the molecule is O=C(Nc1cc2ncnn2c(N2CCC(F)(F)CC2)n1)c1ccc(NS(=O)(=O)CCO)cc1N1CC[C@]2(C(F)F)C[C@@H]2C1. The zero-order chi connectivity index (χ0) is 30.6. The molecule has 2 aromatic heterocycles. The van der Waals surface area contributed by atoms with E-state index in [0.29, 0.717) is 17.8 Å². The quantitative estimate of drug-likeness (QED) is 0.306. The molecule has 0 unspecified atom stereocenters. The van der Waals surface area contributed by atoms with E-state index in [-0.39, 0.29) is 74.4 Å². The molecular formula is C26H30F4N8O4S. The van der Waals surface area contributed by atoms with Gasteiger partial charge in [-0.15, -0.1) is 0 Å². The molecule has 1 aromatic carbocycles. The van der Waals surface area contributed by atoms with Gasteiger partial charge in [0.25, 0.3) is 11.8 Å². The maximum atomic E-state index is 13.8. The summed E-state index contributed by atoms with van der Waals surface area (Å²) in [4.78, 5) is 25.7. The molecule has 12 nitrogen and oxygen atoms in total. The van der Waals surface area contributed by atoms with Crippen LogP contribution in [0.3, 0.4) is 0 Å². The Morgan fingerprint density at radius 3 is 2.56 bits per heavy atom. The van der Waals surface area contributed by atoms with Crippen LogP contribution < -0.4 is 19.8 Å². The van der Waals surface area contributed by atoms with Crippen molar-refractivity contribution in [2.75, 3.05) is 58.4 Å². The number of aliphatic hydroxyl groups excluding tert-OH is 1. The summed E-state index contributed by atoms with van der Waals surface area (Å²) in [5, 5.41) is 15.9. The number of nitrogens with zero attached hydrogens (tertiary/aromatic N) is 6. The number of alkyl halides is 4. The fourth-order valence-corrected chi connectivity index (χ4v) is 6.77. The Morgan fingerprint density at radius 1 is 1.12 bits per heavy atom. The molecule has 3 aliphatic rings. The molecule has 0 spiro atoms. The number of amides is 1. The van der Waals surface area contributed by atoms with E-state index in [4.69, 9.17) is 5.11 Å². The Bertz CT molecular complexity index is 1650. The number of sulfonamides is 1. The van der Waals surface area contributed by atoms with E-state index < -0.39 is 46.1 Å². The average Bonchev–Trinajstić information content (AvgIpc) is 3.51. The second-order valence-electron chi connectivity index (χ2n) is 11.3. The maximum absolute atomic E-state index is 13.8. The summed E-state index contributed by atoms with van der Waals surface area (Å²) in [6.45, 7) is -0.0228. The number of halogens is 4. The normalized spacial score (nSPS) is 23.3. The first kappa shape index (κ1) is 29.3. The molecule has 17 heteroatoms. The number of rotatable bonds is 9. The lowest BCUT2D eigenvalue weighted by Gasteiger charge is -2.34. The number of benzene rings is 1. The van der Waals surface area contributed by atoms with Crippen molar-refractivity contribution < 1.29 is 35.9 Å². The van der Waals surface area contributed by atoms with Crippen LogP contribution in [0.5, 0.6) is 0 Å². The van der Waals surface area contributed by atoms with Crippen LogP contribution >= 0.6 is 0 Å². The van der Waals surface area contributed by atoms with E-state index >= 15 is 0 Å². The molecule has 0 radical (unpaired) electrons. The van der Waals surface area contributed by atoms with Gasteiger partial charge in [0.05, 0.1) is 29.3 Å². The van der Waals surface area contributed by atoms with E-state index in [0.717, 1.165) is 0 Å². The maximum Gasteiger partial charge on any atom is 0.258 e. The second-order valence-corrected chi connectivity index (χ2v) is 13.1. The number of piperidine rings is 2. The Kier molecular flexibility index (Phi) is 7.35. The van der Waals surface area contributed by atoms with Crippen molar-refractivity contribution in [1.82, 2.24) is 19.6 Å². The first-order valence-corrected chi connectivity index (χ1v) is 15.5. The standard InChI is InChI=1S/C26H30F4N8O4S/c27-23(28)25-3-6-37(14-16(25)13-25)19-11-17(35-43(41,42)10-9-39)1-2-18(19)22(40)33-20-12-21-31-15-32-38(21)24(34-20)36-7-4-26(29,30)5-8-36/h1-2,11-12,15-16,23,35,39H,3-10,13-14H2,(H,33,40)/t16-,25+/m1/s1. The molecule has 1 amide bonds. The van der Waals surface area contributed by atoms with E-state index in [2.05, 4.69) is 25.1 Å². The summed E-state index contributed by atoms with van der Waals surface area (Å²) >= 11 is 0. The third-order valence-corrected chi connectivity index (χ3v) is 9.75. The lowest BCUT2D eigenvalue weighted by atomic mass is 9.95. The Balaban J connectivity index is 1.30. The van der Waals surface area contributed by atoms with Crippen molar-refractivity contribution in [2.45, 2.75) is 38.0 Å². The number of hydrogen-bond donors (Lipinski definition) is 3. The highest BCUT2D eigenvalue weighted by atomic mass is 32.2. The minimum atomic E-state index is -3.87. The number of hydrogen-bond acceptors (Lipinski definition) is 9. The molecule has 4 heterocycles. The lowest BCUT2D eigenvalue weighted by molar-refractivity contribution is -0.0223. The van der Waals surface area contributed by atoms with E-state index in [9.17, 15) is 30.8 Å². The molecule has 3 aromatic rings. The number of nitrogens with one attached hydrogen (secondary N) is 2. The Morgan fingerprint density at radius 2 is 1.86 bits per heavy atom. The molecule has 0 bridgehead atoms. The summed E-state index contributed by atoms with van der Waals surface area (Å²) in [5.74, 6) is -3.84. The number of aliphatic hydroxyl groups is 1. The smallest absolute Gasteiger partial charge is 0.258 e. The molecule has 232 valence electrons. The molecular weight excluding hydrogens is 596 g/mol. The van der Waals surface area contributed by atoms with Crippen LogP contribution in [0.15, 0.2) is 30.6 Å². The third-order valence-electron chi connectivity index (χ3n) is 8.49. The average molecular weight is 627 g/mol. The van der Waals surface area contributed by atoms with Crippen LogP contribution in [0.25, 0.3) is 5.65 Å². The van der Waals surface area contributed by atoms with Crippen molar-refractivity contribution >= 4 is 44.7 Å². The molecule has 43 heavy (non-hydrogen) atoms. The zero-order valence-electron chi connectivity index (χ0n) is 22.9. The fraction of sp³-hybridized carbons (Fsp3) is 0.538. The minimum Gasteiger partial charge on any atom is -0.395 e. The summed E-state index contributed by atoms with van der Waals surface area (Å²) in [6, 6.07) is 5.76. The predicted octanol–water partition coefficient (Wildman–Crippen LogP) is 2.83. The van der Waals surface area contributed by atoms with Gasteiger partial charge in [0.1, 0.15) is 12.1 Å². The third kappa shape index (κ3) is 5.79. The predicted molar refractivity (Wildman–Crippen MR) is 149 cm³/mol. The van der Waals surface area contributed by atoms with Crippen LogP contribution in [-0.4, -0.2) is 89.9 Å². The van der Waals surface area contributed by atoms with Gasteiger partial charge in [-0.3, -0.25) is 9.52 Å². The van der Waals surface area contributed by atoms with Gasteiger partial charge >= 0.3 is 0 Å². The van der Waals surface area contributed by atoms with Gasteiger partial charge in [0, 0.05) is 50.5 Å². The van der Waals surface area contributed by atoms with Crippen molar-refractivity contribution in [2.24, 2.45) is 11.3 Å². The van der Waals surface area contributed by atoms with Gasteiger partial charge in [-0.05, 0) is 37.0 Å². The fourth-order valence-electron chi connectivity index (χ4n) is 5.95. The summed E-state index contributed by atoms with van der Waals surface area (Å²) in [5.41, 5.74) is -0.0459. The van der Waals surface area contributed by atoms with Crippen molar-refractivity contribution in [1.29, 1.82) is 0 Å². The Labute approximate surface area is 244 Å². The monoisotopic (exact) mass is 626 g/mol. The Hall–Kier alpha value is -3.73. The summed E-state index contributed by atoms with van der Waals surface area (Å²) in [7, 11) is -3.87. The van der Waals surface area contributed by atoms with E-state index in [1.54, 1.807) is 9.80 Å². The van der Waals surface area contributed by atoms with Crippen molar-refractivity contribution in [3.05, 3.63) is 36.2 Å². The summed E-state index contributed by atoms with van der Waals surface area (Å²) in [6.07, 6.45) is -1.28. The molecule has 2 saturated heterocycles. The highest BCUT2D eigenvalue weighted by Gasteiger charge is 2.62. The van der Waals surface area contributed by atoms with Crippen LogP contribution in [0.1, 0.15) is 36.0 Å². The van der Waals surface area contributed by atoms with Crippen LogP contribution in [0.4, 0.5) is 40.7 Å². The highest BCUT2D eigenvalue weighted by molar-refractivity contribution is 7.92. The summed E-state index contributed by atoms with van der Waals surface area (Å²) < 4.78 is 83.3. The molecule has 1 saturated carbocycles. The second kappa shape index (κ2) is 10.8.